The van der Waals surface area contributed by atoms with Gasteiger partial charge in [-0.2, -0.15) is 0 Å². The van der Waals surface area contributed by atoms with E-state index in [1.54, 1.807) is 36.7 Å². The molecule has 1 fully saturated rings. The highest BCUT2D eigenvalue weighted by molar-refractivity contribution is 7.16. The van der Waals surface area contributed by atoms with Gasteiger partial charge in [0.2, 0.25) is 0 Å². The van der Waals surface area contributed by atoms with Crippen molar-refractivity contribution >= 4 is 44.9 Å². The second kappa shape index (κ2) is 7.93. The van der Waals surface area contributed by atoms with Crippen LogP contribution in [0.3, 0.4) is 0 Å². The van der Waals surface area contributed by atoms with Crippen LogP contribution < -0.4 is 9.64 Å². The fraction of sp³-hybridized carbons (Fsp3) is 0.350. The minimum absolute atomic E-state index is 0.00405. The lowest BCUT2D eigenvalue weighted by atomic mass is 10.2. The van der Waals surface area contributed by atoms with Gasteiger partial charge in [0.1, 0.15) is 22.7 Å². The molecule has 1 aliphatic heterocycles. The molecule has 1 atom stereocenters. The second-order valence-electron chi connectivity index (χ2n) is 6.82. The molecule has 4 rings (SSSR count). The third kappa shape index (κ3) is 3.77. The number of carbonyl (C=O) groups is 1. The fourth-order valence-corrected chi connectivity index (χ4v) is 4.21. The molecule has 3 aromatic rings. The van der Waals surface area contributed by atoms with Crippen molar-refractivity contribution in [3.05, 3.63) is 46.6 Å². The van der Waals surface area contributed by atoms with Crippen LogP contribution in [0.15, 0.2) is 36.0 Å². The summed E-state index contributed by atoms with van der Waals surface area (Å²) in [6.45, 7) is 6.46. The van der Waals surface area contributed by atoms with Crippen LogP contribution in [0.2, 0.25) is 5.02 Å². The molecule has 6 nitrogen and oxygen atoms in total. The van der Waals surface area contributed by atoms with E-state index in [1.807, 2.05) is 23.3 Å². The molecule has 0 N–H and O–H groups in total. The molecule has 0 radical (unpaired) electrons. The molecule has 1 aliphatic rings. The number of hydrogen-bond acceptors (Lipinski definition) is 6. The number of hydrogen-bond donors (Lipinski definition) is 0. The molecule has 146 valence electrons. The number of fused-ring (bicyclic) bond motifs is 1. The van der Waals surface area contributed by atoms with E-state index in [0.29, 0.717) is 23.9 Å². The third-order valence-electron chi connectivity index (χ3n) is 4.92. The first-order chi connectivity index (χ1) is 13.5. The number of ether oxygens (including phenoxy) is 1. The SMILES string of the molecule is Cc1cc(OC(C)C(=O)N2CCN(c3ncnc4sccc34)CC2)ccc1Cl. The zero-order valence-electron chi connectivity index (χ0n) is 15.8. The molecule has 1 amide bonds. The van der Waals surface area contributed by atoms with Gasteiger partial charge in [-0.3, -0.25) is 4.79 Å². The summed E-state index contributed by atoms with van der Waals surface area (Å²) >= 11 is 7.66. The number of aryl methyl sites for hydroxylation is 1. The van der Waals surface area contributed by atoms with Crippen molar-refractivity contribution in [2.45, 2.75) is 20.0 Å². The largest absolute Gasteiger partial charge is 0.481 e. The molecule has 1 unspecified atom stereocenters. The molecular weight excluding hydrogens is 396 g/mol. The minimum atomic E-state index is -0.547. The highest BCUT2D eigenvalue weighted by atomic mass is 35.5. The van der Waals surface area contributed by atoms with E-state index in [1.165, 1.54) is 0 Å². The van der Waals surface area contributed by atoms with Crippen LogP contribution in [0.1, 0.15) is 12.5 Å². The Kier molecular flexibility index (Phi) is 5.37. The standard InChI is InChI=1S/C20H21ClN4O2S/c1-13-11-15(3-4-17(13)21)27-14(2)20(26)25-8-6-24(7-9-25)18-16-5-10-28-19(16)23-12-22-18/h3-5,10-12,14H,6-9H2,1-2H3. The predicted octanol–water partition coefficient (Wildman–Crippen LogP) is 3.77. The molecule has 1 saturated heterocycles. The van der Waals surface area contributed by atoms with Gasteiger partial charge in [0.15, 0.2) is 6.10 Å². The molecule has 1 aromatic carbocycles. The Balaban J connectivity index is 1.38. The Morgan fingerprint density at radius 3 is 2.75 bits per heavy atom. The van der Waals surface area contributed by atoms with Gasteiger partial charge in [-0.05, 0) is 49.1 Å². The zero-order valence-corrected chi connectivity index (χ0v) is 17.3. The summed E-state index contributed by atoms with van der Waals surface area (Å²) in [7, 11) is 0. The van der Waals surface area contributed by atoms with Crippen LogP contribution in [0.25, 0.3) is 10.2 Å². The number of halogens is 1. The van der Waals surface area contributed by atoms with Crippen LogP contribution >= 0.6 is 22.9 Å². The van der Waals surface area contributed by atoms with Crippen molar-refractivity contribution in [2.24, 2.45) is 0 Å². The fourth-order valence-electron chi connectivity index (χ4n) is 3.37. The normalized spacial score (nSPS) is 15.7. The lowest BCUT2D eigenvalue weighted by Crippen LogP contribution is -2.52. The van der Waals surface area contributed by atoms with Crippen molar-refractivity contribution < 1.29 is 9.53 Å². The van der Waals surface area contributed by atoms with Gasteiger partial charge >= 0.3 is 0 Å². The first-order valence-electron chi connectivity index (χ1n) is 9.17. The van der Waals surface area contributed by atoms with Crippen LogP contribution in [-0.4, -0.2) is 53.1 Å². The Bertz CT molecular complexity index is 1000. The molecule has 0 spiro atoms. The first kappa shape index (κ1) is 19.0. The molecule has 0 bridgehead atoms. The van der Waals surface area contributed by atoms with Gasteiger partial charge < -0.3 is 14.5 Å². The number of amides is 1. The van der Waals surface area contributed by atoms with E-state index in [-0.39, 0.29) is 5.91 Å². The molecule has 3 heterocycles. The van der Waals surface area contributed by atoms with Gasteiger partial charge in [-0.1, -0.05) is 11.6 Å². The number of piperazine rings is 1. The van der Waals surface area contributed by atoms with E-state index in [9.17, 15) is 4.79 Å². The third-order valence-corrected chi connectivity index (χ3v) is 6.17. The van der Waals surface area contributed by atoms with E-state index < -0.39 is 6.10 Å². The van der Waals surface area contributed by atoms with Gasteiger partial charge in [0.05, 0.1) is 5.39 Å². The van der Waals surface area contributed by atoms with Gasteiger partial charge in [-0.25, -0.2) is 9.97 Å². The first-order valence-corrected chi connectivity index (χ1v) is 10.4. The highest BCUT2D eigenvalue weighted by Gasteiger charge is 2.27. The summed E-state index contributed by atoms with van der Waals surface area (Å²) in [4.78, 5) is 26.6. The van der Waals surface area contributed by atoms with Crippen LogP contribution in [0, 0.1) is 6.92 Å². The Morgan fingerprint density at radius 1 is 1.21 bits per heavy atom. The summed E-state index contributed by atoms with van der Waals surface area (Å²) < 4.78 is 5.84. The molecule has 28 heavy (non-hydrogen) atoms. The summed E-state index contributed by atoms with van der Waals surface area (Å²) in [6, 6.07) is 7.48. The lowest BCUT2D eigenvalue weighted by Gasteiger charge is -2.36. The van der Waals surface area contributed by atoms with Crippen LogP contribution in [-0.2, 0) is 4.79 Å². The number of thiophene rings is 1. The molecule has 8 heteroatoms. The van der Waals surface area contributed by atoms with Crippen molar-refractivity contribution in [2.75, 3.05) is 31.1 Å². The number of nitrogens with zero attached hydrogens (tertiary/aromatic N) is 4. The van der Waals surface area contributed by atoms with Crippen molar-refractivity contribution in [3.63, 3.8) is 0 Å². The maximum Gasteiger partial charge on any atom is 0.263 e. The van der Waals surface area contributed by atoms with Gasteiger partial charge in [0.25, 0.3) is 5.91 Å². The number of rotatable bonds is 4. The average Bonchev–Trinajstić information content (AvgIpc) is 3.19. The number of benzene rings is 1. The van der Waals surface area contributed by atoms with E-state index in [2.05, 4.69) is 20.9 Å². The molecule has 2 aromatic heterocycles. The van der Waals surface area contributed by atoms with Crippen LogP contribution in [0.4, 0.5) is 5.82 Å². The Hall–Kier alpha value is -2.38. The lowest BCUT2D eigenvalue weighted by molar-refractivity contribution is -0.138. The predicted molar refractivity (Wildman–Crippen MR) is 112 cm³/mol. The second-order valence-corrected chi connectivity index (χ2v) is 8.12. The molecule has 0 aliphatic carbocycles. The minimum Gasteiger partial charge on any atom is -0.481 e. The summed E-state index contributed by atoms with van der Waals surface area (Å²) in [5.41, 5.74) is 0.928. The van der Waals surface area contributed by atoms with Gasteiger partial charge in [0, 0.05) is 31.2 Å². The van der Waals surface area contributed by atoms with E-state index in [0.717, 1.165) is 34.7 Å². The Labute approximate surface area is 172 Å². The summed E-state index contributed by atoms with van der Waals surface area (Å²) in [5, 5.41) is 3.79. The highest BCUT2D eigenvalue weighted by Crippen LogP contribution is 2.27. The van der Waals surface area contributed by atoms with Crippen molar-refractivity contribution in [3.8, 4) is 5.75 Å². The monoisotopic (exact) mass is 416 g/mol. The smallest absolute Gasteiger partial charge is 0.263 e. The summed E-state index contributed by atoms with van der Waals surface area (Å²) in [5.74, 6) is 1.59. The maximum atomic E-state index is 12.8. The van der Waals surface area contributed by atoms with Gasteiger partial charge in [-0.15, -0.1) is 11.3 Å². The summed E-state index contributed by atoms with van der Waals surface area (Å²) in [6.07, 6.45) is 1.06. The molecular formula is C20H21ClN4O2S. The molecule has 0 saturated carbocycles. The van der Waals surface area contributed by atoms with Crippen molar-refractivity contribution in [1.82, 2.24) is 14.9 Å². The number of carbonyl (C=O) groups excluding carboxylic acids is 1. The maximum absolute atomic E-state index is 12.8. The van der Waals surface area contributed by atoms with Crippen LogP contribution in [0.5, 0.6) is 5.75 Å². The van der Waals surface area contributed by atoms with Crippen molar-refractivity contribution in [1.29, 1.82) is 0 Å². The number of aromatic nitrogens is 2. The van der Waals surface area contributed by atoms with E-state index >= 15 is 0 Å². The Morgan fingerprint density at radius 2 is 2.00 bits per heavy atom. The average molecular weight is 417 g/mol. The van der Waals surface area contributed by atoms with E-state index in [4.69, 9.17) is 16.3 Å². The zero-order chi connectivity index (χ0) is 19.7. The topological polar surface area (TPSA) is 58.6 Å². The quantitative estimate of drug-likeness (QED) is 0.648. The number of anilines is 1.